The number of nitrogens with zero attached hydrogens (tertiary/aromatic N) is 1. The second kappa shape index (κ2) is 7.00. The fourth-order valence-electron chi connectivity index (χ4n) is 2.06. The zero-order valence-corrected chi connectivity index (χ0v) is 11.7. The maximum atomic E-state index is 5.84. The molecule has 0 atom stereocenters. The second-order valence-electron chi connectivity index (χ2n) is 4.50. The van der Waals surface area contributed by atoms with Crippen molar-refractivity contribution in [3.8, 4) is 0 Å². The lowest BCUT2D eigenvalue weighted by molar-refractivity contribution is 0.446. The molecule has 19 heavy (non-hydrogen) atoms. The van der Waals surface area contributed by atoms with Crippen molar-refractivity contribution in [2.45, 2.75) is 26.9 Å². The zero-order valence-electron chi connectivity index (χ0n) is 11.7. The van der Waals surface area contributed by atoms with Crippen LogP contribution in [0.2, 0.25) is 0 Å². The lowest BCUT2D eigenvalue weighted by Crippen LogP contribution is -2.21. The molecule has 0 aliphatic heterocycles. The van der Waals surface area contributed by atoms with Crippen LogP contribution in [-0.4, -0.2) is 13.1 Å². The van der Waals surface area contributed by atoms with Crippen molar-refractivity contribution < 1.29 is 4.42 Å². The highest BCUT2D eigenvalue weighted by atomic mass is 16.3. The first kappa shape index (κ1) is 13.7. The molecule has 0 fully saturated rings. The summed E-state index contributed by atoms with van der Waals surface area (Å²) >= 11 is 0. The predicted molar refractivity (Wildman–Crippen MR) is 79.3 cm³/mol. The molecule has 0 spiro atoms. The first-order valence-corrected chi connectivity index (χ1v) is 6.91. The van der Waals surface area contributed by atoms with E-state index in [0.717, 1.165) is 37.7 Å². The molecule has 1 heterocycles. The number of para-hydroxylation sites is 1. The van der Waals surface area contributed by atoms with E-state index in [1.807, 2.05) is 6.07 Å². The van der Waals surface area contributed by atoms with Crippen molar-refractivity contribution in [3.05, 3.63) is 54.0 Å². The molecule has 2 rings (SSSR count). The Balaban J connectivity index is 2.00. The van der Waals surface area contributed by atoms with Crippen LogP contribution in [-0.2, 0) is 13.1 Å². The van der Waals surface area contributed by atoms with Crippen LogP contribution in [0.3, 0.4) is 0 Å². The first-order valence-electron chi connectivity index (χ1n) is 6.91. The topological polar surface area (TPSA) is 28.4 Å². The summed E-state index contributed by atoms with van der Waals surface area (Å²) in [7, 11) is 0. The Bertz CT molecular complexity index is 479. The minimum absolute atomic E-state index is 0.800. The molecule has 3 nitrogen and oxygen atoms in total. The summed E-state index contributed by atoms with van der Waals surface area (Å²) in [4.78, 5) is 2.30. The highest BCUT2D eigenvalue weighted by Gasteiger charge is 2.08. The van der Waals surface area contributed by atoms with Crippen LogP contribution in [0.1, 0.15) is 25.4 Å². The molecule has 1 N–H and O–H groups in total. The SMILES string of the molecule is CCNCc1ccc(CN(CC)c2ccccc2)o1. The van der Waals surface area contributed by atoms with Gasteiger partial charge in [-0.3, -0.25) is 0 Å². The molecule has 0 unspecified atom stereocenters. The van der Waals surface area contributed by atoms with Gasteiger partial charge in [0.05, 0.1) is 13.1 Å². The van der Waals surface area contributed by atoms with Crippen LogP contribution in [0.25, 0.3) is 0 Å². The number of rotatable bonds is 7. The molecule has 2 aromatic rings. The fraction of sp³-hybridized carbons (Fsp3) is 0.375. The first-order chi connectivity index (χ1) is 9.33. The Kier molecular flexibility index (Phi) is 5.04. The maximum absolute atomic E-state index is 5.84. The normalized spacial score (nSPS) is 10.6. The van der Waals surface area contributed by atoms with Gasteiger partial charge in [-0.2, -0.15) is 0 Å². The van der Waals surface area contributed by atoms with Gasteiger partial charge in [0.25, 0.3) is 0 Å². The van der Waals surface area contributed by atoms with Gasteiger partial charge in [0.15, 0.2) is 0 Å². The molecule has 0 radical (unpaired) electrons. The summed E-state index contributed by atoms with van der Waals surface area (Å²) < 4.78 is 5.84. The third-order valence-corrected chi connectivity index (χ3v) is 3.12. The van der Waals surface area contributed by atoms with Crippen molar-refractivity contribution in [2.75, 3.05) is 18.0 Å². The Morgan fingerprint density at radius 1 is 1.00 bits per heavy atom. The van der Waals surface area contributed by atoms with E-state index in [-0.39, 0.29) is 0 Å². The van der Waals surface area contributed by atoms with Crippen molar-refractivity contribution in [1.82, 2.24) is 5.32 Å². The number of hydrogen-bond donors (Lipinski definition) is 1. The van der Waals surface area contributed by atoms with E-state index in [4.69, 9.17) is 4.42 Å². The van der Waals surface area contributed by atoms with Gasteiger partial charge in [-0.25, -0.2) is 0 Å². The Morgan fingerprint density at radius 2 is 1.74 bits per heavy atom. The lowest BCUT2D eigenvalue weighted by Gasteiger charge is -2.21. The van der Waals surface area contributed by atoms with E-state index >= 15 is 0 Å². The van der Waals surface area contributed by atoms with Crippen molar-refractivity contribution in [1.29, 1.82) is 0 Å². The molecule has 0 amide bonds. The monoisotopic (exact) mass is 258 g/mol. The third kappa shape index (κ3) is 3.86. The van der Waals surface area contributed by atoms with E-state index in [1.165, 1.54) is 5.69 Å². The van der Waals surface area contributed by atoms with E-state index in [0.29, 0.717) is 0 Å². The second-order valence-corrected chi connectivity index (χ2v) is 4.50. The molecular weight excluding hydrogens is 236 g/mol. The highest BCUT2D eigenvalue weighted by molar-refractivity contribution is 5.45. The molecule has 0 aliphatic carbocycles. The van der Waals surface area contributed by atoms with Crippen molar-refractivity contribution >= 4 is 5.69 Å². The summed E-state index contributed by atoms with van der Waals surface area (Å²) in [5.74, 6) is 2.01. The number of nitrogens with one attached hydrogen (secondary N) is 1. The maximum Gasteiger partial charge on any atom is 0.123 e. The van der Waals surface area contributed by atoms with Gasteiger partial charge in [0.2, 0.25) is 0 Å². The third-order valence-electron chi connectivity index (χ3n) is 3.12. The fourth-order valence-corrected chi connectivity index (χ4v) is 2.06. The predicted octanol–water partition coefficient (Wildman–Crippen LogP) is 3.42. The molecule has 0 saturated carbocycles. The van der Waals surface area contributed by atoms with Crippen molar-refractivity contribution in [3.63, 3.8) is 0 Å². The van der Waals surface area contributed by atoms with E-state index in [2.05, 4.69) is 60.5 Å². The molecule has 0 aliphatic rings. The minimum atomic E-state index is 0.800. The molecule has 102 valence electrons. The number of hydrogen-bond acceptors (Lipinski definition) is 3. The van der Waals surface area contributed by atoms with Crippen LogP contribution >= 0.6 is 0 Å². The number of furan rings is 1. The number of benzene rings is 1. The van der Waals surface area contributed by atoms with E-state index in [1.54, 1.807) is 0 Å². The number of anilines is 1. The van der Waals surface area contributed by atoms with Crippen LogP contribution < -0.4 is 10.2 Å². The molecule has 0 saturated heterocycles. The van der Waals surface area contributed by atoms with Crippen LogP contribution in [0.5, 0.6) is 0 Å². The van der Waals surface area contributed by atoms with Crippen LogP contribution in [0.15, 0.2) is 46.9 Å². The summed E-state index contributed by atoms with van der Waals surface area (Å²) in [5.41, 5.74) is 1.23. The average molecular weight is 258 g/mol. The van der Waals surface area contributed by atoms with Gasteiger partial charge >= 0.3 is 0 Å². The molecule has 1 aromatic carbocycles. The largest absolute Gasteiger partial charge is 0.463 e. The Labute approximate surface area is 115 Å². The summed E-state index contributed by atoms with van der Waals surface area (Å²) in [6, 6.07) is 14.6. The quantitative estimate of drug-likeness (QED) is 0.825. The standard InChI is InChI=1S/C16H22N2O/c1-3-17-12-15-10-11-16(19-15)13-18(4-2)14-8-6-5-7-9-14/h5-11,17H,3-4,12-13H2,1-2H3. The van der Waals surface area contributed by atoms with Gasteiger partial charge in [-0.05, 0) is 37.7 Å². The summed E-state index contributed by atoms with van der Waals surface area (Å²) in [5, 5.41) is 3.27. The van der Waals surface area contributed by atoms with Gasteiger partial charge in [0.1, 0.15) is 11.5 Å². The molecule has 3 heteroatoms. The molecular formula is C16H22N2O. The molecule has 0 bridgehead atoms. The zero-order chi connectivity index (χ0) is 13.5. The average Bonchev–Trinajstić information content (AvgIpc) is 2.91. The van der Waals surface area contributed by atoms with E-state index < -0.39 is 0 Å². The summed E-state index contributed by atoms with van der Waals surface area (Å²) in [6.45, 7) is 7.79. The van der Waals surface area contributed by atoms with Crippen LogP contribution in [0.4, 0.5) is 5.69 Å². The highest BCUT2D eigenvalue weighted by Crippen LogP contribution is 2.17. The minimum Gasteiger partial charge on any atom is -0.463 e. The smallest absolute Gasteiger partial charge is 0.123 e. The van der Waals surface area contributed by atoms with Gasteiger partial charge in [-0.15, -0.1) is 0 Å². The van der Waals surface area contributed by atoms with Crippen molar-refractivity contribution in [2.24, 2.45) is 0 Å². The van der Waals surface area contributed by atoms with Gasteiger partial charge in [0, 0.05) is 12.2 Å². The van der Waals surface area contributed by atoms with Gasteiger partial charge in [-0.1, -0.05) is 25.1 Å². The Hall–Kier alpha value is -1.74. The van der Waals surface area contributed by atoms with E-state index in [9.17, 15) is 0 Å². The molecule has 1 aromatic heterocycles. The van der Waals surface area contributed by atoms with Crippen LogP contribution in [0, 0.1) is 0 Å². The summed E-state index contributed by atoms with van der Waals surface area (Å²) in [6.07, 6.45) is 0. The van der Waals surface area contributed by atoms with Gasteiger partial charge < -0.3 is 14.6 Å². The lowest BCUT2D eigenvalue weighted by atomic mass is 10.2. The Morgan fingerprint density at radius 3 is 2.42 bits per heavy atom.